The van der Waals surface area contributed by atoms with E-state index < -0.39 is 0 Å². The summed E-state index contributed by atoms with van der Waals surface area (Å²) in [7, 11) is 0. The maximum Gasteiger partial charge on any atom is 0.258 e. The van der Waals surface area contributed by atoms with Crippen LogP contribution in [0.1, 0.15) is 16.8 Å². The molecule has 1 fully saturated rings. The van der Waals surface area contributed by atoms with Crippen LogP contribution in [0.4, 0.5) is 11.5 Å². The van der Waals surface area contributed by atoms with Crippen molar-refractivity contribution < 1.29 is 9.59 Å². The zero-order valence-electron chi connectivity index (χ0n) is 14.0. The quantitative estimate of drug-likeness (QED) is 0.731. The Morgan fingerprint density at radius 2 is 2.08 bits per heavy atom. The first-order valence-electron chi connectivity index (χ1n) is 8.25. The van der Waals surface area contributed by atoms with Crippen LogP contribution < -0.4 is 16.0 Å². The molecular weight excluding hydrogens is 372 g/mol. The van der Waals surface area contributed by atoms with Gasteiger partial charge in [0.25, 0.3) is 5.91 Å². The first-order chi connectivity index (χ1) is 12.6. The third-order valence-electron chi connectivity index (χ3n) is 3.85. The van der Waals surface area contributed by atoms with E-state index in [2.05, 4.69) is 20.9 Å². The van der Waals surface area contributed by atoms with Gasteiger partial charge in [0.2, 0.25) is 5.91 Å². The number of aromatic nitrogens is 1. The SMILES string of the molecule is O=C(CC1CSCCN1)Nc1ccccc1C(=O)Nc1ccc(Cl)cn1. The van der Waals surface area contributed by atoms with E-state index in [9.17, 15) is 9.59 Å². The first kappa shape index (κ1) is 18.7. The second-order valence-electron chi connectivity index (χ2n) is 5.84. The maximum absolute atomic E-state index is 12.5. The number of hydrogen-bond acceptors (Lipinski definition) is 5. The molecule has 0 radical (unpaired) electrons. The zero-order chi connectivity index (χ0) is 18.4. The Bertz CT molecular complexity index is 779. The molecule has 26 heavy (non-hydrogen) atoms. The highest BCUT2D eigenvalue weighted by atomic mass is 35.5. The van der Waals surface area contributed by atoms with Crippen LogP contribution in [0.2, 0.25) is 5.02 Å². The van der Waals surface area contributed by atoms with Crippen molar-refractivity contribution in [3.8, 4) is 0 Å². The third kappa shape index (κ3) is 5.20. The molecule has 2 aromatic rings. The van der Waals surface area contributed by atoms with Crippen molar-refractivity contribution in [3.05, 3.63) is 53.2 Å². The number of carbonyl (C=O) groups excluding carboxylic acids is 2. The maximum atomic E-state index is 12.5. The van der Waals surface area contributed by atoms with Crippen molar-refractivity contribution >= 4 is 46.7 Å². The summed E-state index contributed by atoms with van der Waals surface area (Å²) in [5.74, 6) is 1.92. The van der Waals surface area contributed by atoms with Crippen LogP contribution in [0.15, 0.2) is 42.6 Å². The van der Waals surface area contributed by atoms with Gasteiger partial charge in [-0.2, -0.15) is 11.8 Å². The third-order valence-corrected chi connectivity index (χ3v) is 5.20. The summed E-state index contributed by atoms with van der Waals surface area (Å²) in [5, 5.41) is 9.37. The summed E-state index contributed by atoms with van der Waals surface area (Å²) >= 11 is 7.64. The largest absolute Gasteiger partial charge is 0.325 e. The lowest BCUT2D eigenvalue weighted by atomic mass is 10.1. The van der Waals surface area contributed by atoms with E-state index >= 15 is 0 Å². The fourth-order valence-electron chi connectivity index (χ4n) is 2.60. The van der Waals surface area contributed by atoms with E-state index in [0.29, 0.717) is 28.5 Å². The van der Waals surface area contributed by atoms with Gasteiger partial charge in [0.05, 0.1) is 16.3 Å². The highest BCUT2D eigenvalue weighted by Crippen LogP contribution is 2.19. The number of para-hydroxylation sites is 1. The molecule has 1 unspecified atom stereocenters. The predicted molar refractivity (Wildman–Crippen MR) is 106 cm³/mol. The number of nitrogens with zero attached hydrogens (tertiary/aromatic N) is 1. The van der Waals surface area contributed by atoms with Crippen LogP contribution in [0.5, 0.6) is 0 Å². The molecule has 6 nitrogen and oxygen atoms in total. The Kier molecular flexibility index (Phi) is 6.49. The number of halogens is 1. The molecule has 8 heteroatoms. The topological polar surface area (TPSA) is 83.1 Å². The van der Waals surface area contributed by atoms with Gasteiger partial charge in [-0.1, -0.05) is 23.7 Å². The van der Waals surface area contributed by atoms with E-state index in [1.54, 1.807) is 36.4 Å². The number of thioether (sulfide) groups is 1. The van der Waals surface area contributed by atoms with E-state index in [-0.39, 0.29) is 17.9 Å². The highest BCUT2D eigenvalue weighted by Gasteiger charge is 2.18. The van der Waals surface area contributed by atoms with Crippen molar-refractivity contribution in [2.75, 3.05) is 28.7 Å². The zero-order valence-corrected chi connectivity index (χ0v) is 15.6. The molecule has 0 aliphatic carbocycles. The average Bonchev–Trinajstić information content (AvgIpc) is 2.65. The molecule has 136 valence electrons. The number of carbonyl (C=O) groups is 2. The van der Waals surface area contributed by atoms with Crippen molar-refractivity contribution in [2.24, 2.45) is 0 Å². The lowest BCUT2D eigenvalue weighted by Crippen LogP contribution is -2.40. The Labute approximate surface area is 161 Å². The standard InChI is InChI=1S/C18H19ClN4O2S/c19-12-5-6-16(21-10-12)23-18(25)14-3-1-2-4-15(14)22-17(24)9-13-11-26-8-7-20-13/h1-6,10,13,20H,7-9,11H2,(H,22,24)(H,21,23,25). The Balaban J connectivity index is 1.65. The molecule has 1 aromatic carbocycles. The van der Waals surface area contributed by atoms with Crippen LogP contribution >= 0.6 is 23.4 Å². The Morgan fingerprint density at radius 3 is 2.81 bits per heavy atom. The van der Waals surface area contributed by atoms with Crippen LogP contribution in [0.3, 0.4) is 0 Å². The van der Waals surface area contributed by atoms with Gasteiger partial charge in [-0.05, 0) is 24.3 Å². The summed E-state index contributed by atoms with van der Waals surface area (Å²) in [6.45, 7) is 0.912. The molecule has 3 N–H and O–H groups in total. The summed E-state index contributed by atoms with van der Waals surface area (Å²) in [5.41, 5.74) is 0.857. The summed E-state index contributed by atoms with van der Waals surface area (Å²) in [6.07, 6.45) is 1.84. The van der Waals surface area contributed by atoms with Gasteiger partial charge in [0, 0.05) is 36.7 Å². The van der Waals surface area contributed by atoms with E-state index in [4.69, 9.17) is 11.6 Å². The Morgan fingerprint density at radius 1 is 1.23 bits per heavy atom. The second kappa shape index (κ2) is 9.02. The van der Waals surface area contributed by atoms with Gasteiger partial charge in [0.15, 0.2) is 0 Å². The number of pyridine rings is 1. The number of amides is 2. The lowest BCUT2D eigenvalue weighted by Gasteiger charge is -2.22. The van der Waals surface area contributed by atoms with Crippen LogP contribution in [-0.2, 0) is 4.79 Å². The average molecular weight is 391 g/mol. The minimum atomic E-state index is -0.345. The number of hydrogen-bond donors (Lipinski definition) is 3. The van der Waals surface area contributed by atoms with Gasteiger partial charge in [-0.25, -0.2) is 4.98 Å². The summed E-state index contributed by atoms with van der Waals surface area (Å²) < 4.78 is 0. The molecule has 3 rings (SSSR count). The van der Waals surface area contributed by atoms with Crippen LogP contribution in [0, 0.1) is 0 Å². The van der Waals surface area contributed by atoms with Crippen molar-refractivity contribution in [1.29, 1.82) is 0 Å². The molecule has 1 aliphatic heterocycles. The molecule has 2 heterocycles. The monoisotopic (exact) mass is 390 g/mol. The normalized spacial score (nSPS) is 16.7. The van der Waals surface area contributed by atoms with Gasteiger partial charge in [0.1, 0.15) is 5.82 Å². The van der Waals surface area contributed by atoms with Crippen molar-refractivity contribution in [2.45, 2.75) is 12.5 Å². The molecular formula is C18H19ClN4O2S. The molecule has 1 aliphatic rings. The van der Waals surface area contributed by atoms with Gasteiger partial charge in [-0.3, -0.25) is 9.59 Å². The van der Waals surface area contributed by atoms with Crippen molar-refractivity contribution in [3.63, 3.8) is 0 Å². The molecule has 2 amide bonds. The van der Waals surface area contributed by atoms with Gasteiger partial charge in [-0.15, -0.1) is 0 Å². The smallest absolute Gasteiger partial charge is 0.258 e. The number of nitrogens with one attached hydrogen (secondary N) is 3. The Hall–Kier alpha value is -2.09. The first-order valence-corrected chi connectivity index (χ1v) is 9.78. The predicted octanol–water partition coefficient (Wildman–Crippen LogP) is 3.02. The van der Waals surface area contributed by atoms with E-state index in [1.807, 2.05) is 11.8 Å². The minimum Gasteiger partial charge on any atom is -0.325 e. The van der Waals surface area contributed by atoms with Gasteiger partial charge < -0.3 is 16.0 Å². The molecule has 0 saturated carbocycles. The number of benzene rings is 1. The van der Waals surface area contributed by atoms with Crippen LogP contribution in [0.25, 0.3) is 0 Å². The fourth-order valence-corrected chi connectivity index (χ4v) is 3.66. The molecule has 1 atom stereocenters. The highest BCUT2D eigenvalue weighted by molar-refractivity contribution is 7.99. The van der Waals surface area contributed by atoms with Crippen LogP contribution in [-0.4, -0.2) is 40.9 Å². The number of rotatable bonds is 5. The molecule has 0 bridgehead atoms. The molecule has 1 aromatic heterocycles. The van der Waals surface area contributed by atoms with E-state index in [1.165, 1.54) is 6.20 Å². The molecule has 1 saturated heterocycles. The van der Waals surface area contributed by atoms with Crippen molar-refractivity contribution in [1.82, 2.24) is 10.3 Å². The second-order valence-corrected chi connectivity index (χ2v) is 7.43. The van der Waals surface area contributed by atoms with Gasteiger partial charge >= 0.3 is 0 Å². The minimum absolute atomic E-state index is 0.116. The number of anilines is 2. The lowest BCUT2D eigenvalue weighted by molar-refractivity contribution is -0.116. The van der Waals surface area contributed by atoms with E-state index in [0.717, 1.165) is 18.1 Å². The molecule has 0 spiro atoms. The summed E-state index contributed by atoms with van der Waals surface area (Å²) in [4.78, 5) is 28.9. The summed E-state index contributed by atoms with van der Waals surface area (Å²) in [6, 6.07) is 10.3. The fraction of sp³-hybridized carbons (Fsp3) is 0.278.